The van der Waals surface area contributed by atoms with Crippen molar-refractivity contribution in [1.82, 2.24) is 9.88 Å². The highest BCUT2D eigenvalue weighted by Gasteiger charge is 2.21. The van der Waals surface area contributed by atoms with Crippen LogP contribution in [0.25, 0.3) is 10.9 Å². The number of benzene rings is 1. The molecular formula is C22H32ClN3. The van der Waals surface area contributed by atoms with Crippen LogP contribution in [-0.4, -0.2) is 35.6 Å². The van der Waals surface area contributed by atoms with Gasteiger partial charge in [0, 0.05) is 34.9 Å². The van der Waals surface area contributed by atoms with Crippen molar-refractivity contribution in [3.05, 3.63) is 35.5 Å². The number of halogens is 1. The summed E-state index contributed by atoms with van der Waals surface area (Å²) in [4.78, 5) is 7.11. The van der Waals surface area contributed by atoms with Crippen molar-refractivity contribution in [3.8, 4) is 0 Å². The molecule has 0 aliphatic carbocycles. The third-order valence-corrected chi connectivity index (χ3v) is 5.82. The maximum Gasteiger partial charge on any atom is 0.0737 e. The minimum atomic E-state index is 0.453. The van der Waals surface area contributed by atoms with E-state index in [2.05, 4.69) is 48.1 Å². The Balaban J connectivity index is 1.72. The van der Waals surface area contributed by atoms with E-state index in [1.807, 2.05) is 18.3 Å². The van der Waals surface area contributed by atoms with Gasteiger partial charge in [0.2, 0.25) is 0 Å². The Labute approximate surface area is 163 Å². The van der Waals surface area contributed by atoms with Gasteiger partial charge in [0.05, 0.1) is 5.52 Å². The van der Waals surface area contributed by atoms with Gasteiger partial charge in [-0.15, -0.1) is 0 Å². The first-order valence-corrected chi connectivity index (χ1v) is 10.5. The zero-order valence-electron chi connectivity index (χ0n) is 16.3. The van der Waals surface area contributed by atoms with Crippen LogP contribution in [0.15, 0.2) is 30.5 Å². The molecule has 2 aromatic rings. The number of piperidine rings is 1. The minimum absolute atomic E-state index is 0.453. The van der Waals surface area contributed by atoms with Crippen LogP contribution >= 0.6 is 11.6 Å². The first kappa shape index (κ1) is 19.4. The van der Waals surface area contributed by atoms with Crippen LogP contribution in [0, 0.1) is 11.8 Å². The summed E-state index contributed by atoms with van der Waals surface area (Å²) in [6.07, 6.45) is 7.07. The van der Waals surface area contributed by atoms with E-state index in [0.29, 0.717) is 12.0 Å². The van der Waals surface area contributed by atoms with E-state index >= 15 is 0 Å². The summed E-state index contributed by atoms with van der Waals surface area (Å²) in [5.41, 5.74) is 2.12. The lowest BCUT2D eigenvalue weighted by molar-refractivity contribution is 0.172. The van der Waals surface area contributed by atoms with Gasteiger partial charge in [-0.05, 0) is 68.5 Å². The Morgan fingerprint density at radius 1 is 1.23 bits per heavy atom. The number of aromatic nitrogens is 1. The molecule has 1 aromatic carbocycles. The SMILES string of the molecule is CCC1CCN(CC(CC(C)C)Nc2ccnc3cc(Cl)ccc23)CC1. The number of likely N-dealkylation sites (tertiary alicyclic amines) is 1. The summed E-state index contributed by atoms with van der Waals surface area (Å²) in [7, 11) is 0. The van der Waals surface area contributed by atoms with Crippen LogP contribution in [0.3, 0.4) is 0 Å². The van der Waals surface area contributed by atoms with Gasteiger partial charge in [-0.2, -0.15) is 0 Å². The molecule has 1 aliphatic rings. The van der Waals surface area contributed by atoms with Gasteiger partial charge in [0.15, 0.2) is 0 Å². The Bertz CT molecular complexity index is 708. The van der Waals surface area contributed by atoms with Gasteiger partial charge < -0.3 is 10.2 Å². The molecule has 1 aromatic heterocycles. The molecule has 1 aliphatic heterocycles. The van der Waals surface area contributed by atoms with Gasteiger partial charge in [0.1, 0.15) is 0 Å². The molecular weight excluding hydrogens is 342 g/mol. The zero-order valence-corrected chi connectivity index (χ0v) is 17.1. The maximum absolute atomic E-state index is 6.13. The van der Waals surface area contributed by atoms with E-state index in [1.54, 1.807) is 0 Å². The molecule has 1 atom stereocenters. The Morgan fingerprint density at radius 2 is 2.00 bits per heavy atom. The Hall–Kier alpha value is -1.32. The highest BCUT2D eigenvalue weighted by molar-refractivity contribution is 6.31. The summed E-state index contributed by atoms with van der Waals surface area (Å²) in [5.74, 6) is 1.60. The molecule has 2 heterocycles. The molecule has 26 heavy (non-hydrogen) atoms. The number of pyridine rings is 1. The molecule has 0 spiro atoms. The Kier molecular flexibility index (Phi) is 6.77. The second-order valence-electron chi connectivity index (χ2n) is 8.14. The topological polar surface area (TPSA) is 28.2 Å². The van der Waals surface area contributed by atoms with Crippen molar-refractivity contribution in [2.24, 2.45) is 11.8 Å². The van der Waals surface area contributed by atoms with Gasteiger partial charge in [-0.25, -0.2) is 0 Å². The molecule has 0 saturated carbocycles. The largest absolute Gasteiger partial charge is 0.380 e. The molecule has 0 bridgehead atoms. The molecule has 3 rings (SSSR count). The van der Waals surface area contributed by atoms with E-state index in [1.165, 1.54) is 44.5 Å². The third kappa shape index (κ3) is 5.11. The van der Waals surface area contributed by atoms with Crippen LogP contribution in [-0.2, 0) is 0 Å². The van der Waals surface area contributed by atoms with Crippen LogP contribution in [0.5, 0.6) is 0 Å². The van der Waals surface area contributed by atoms with Crippen molar-refractivity contribution in [1.29, 1.82) is 0 Å². The van der Waals surface area contributed by atoms with Crippen molar-refractivity contribution < 1.29 is 0 Å². The van der Waals surface area contributed by atoms with Crippen LogP contribution in [0.4, 0.5) is 5.69 Å². The predicted octanol–water partition coefficient (Wildman–Crippen LogP) is 5.84. The number of hydrogen-bond donors (Lipinski definition) is 1. The molecule has 1 saturated heterocycles. The quantitative estimate of drug-likeness (QED) is 0.661. The van der Waals surface area contributed by atoms with Gasteiger partial charge in [-0.3, -0.25) is 4.98 Å². The molecule has 1 N–H and O–H groups in total. The van der Waals surface area contributed by atoms with Crippen molar-refractivity contribution in [2.45, 2.75) is 52.5 Å². The first-order valence-electron chi connectivity index (χ1n) is 10.1. The lowest BCUT2D eigenvalue weighted by Gasteiger charge is -2.35. The monoisotopic (exact) mass is 373 g/mol. The lowest BCUT2D eigenvalue weighted by atomic mass is 9.93. The van der Waals surface area contributed by atoms with Crippen molar-refractivity contribution >= 4 is 28.2 Å². The second-order valence-corrected chi connectivity index (χ2v) is 8.58. The normalized spacial score (nSPS) is 17.7. The summed E-state index contributed by atoms with van der Waals surface area (Å²) in [5, 5.41) is 5.70. The van der Waals surface area contributed by atoms with Gasteiger partial charge in [-0.1, -0.05) is 38.8 Å². The third-order valence-electron chi connectivity index (χ3n) is 5.58. The molecule has 4 heteroatoms. The van der Waals surface area contributed by atoms with Crippen molar-refractivity contribution in [2.75, 3.05) is 25.0 Å². The van der Waals surface area contributed by atoms with Gasteiger partial charge >= 0.3 is 0 Å². The molecule has 1 unspecified atom stereocenters. The van der Waals surface area contributed by atoms with E-state index < -0.39 is 0 Å². The average Bonchev–Trinajstić information content (AvgIpc) is 2.61. The highest BCUT2D eigenvalue weighted by atomic mass is 35.5. The smallest absolute Gasteiger partial charge is 0.0737 e. The van der Waals surface area contributed by atoms with Crippen LogP contribution in [0.2, 0.25) is 5.02 Å². The van der Waals surface area contributed by atoms with E-state index in [9.17, 15) is 0 Å². The fraction of sp³-hybridized carbons (Fsp3) is 0.591. The predicted molar refractivity (Wildman–Crippen MR) is 113 cm³/mol. The summed E-state index contributed by atoms with van der Waals surface area (Å²) >= 11 is 6.13. The maximum atomic E-state index is 6.13. The Morgan fingerprint density at radius 3 is 2.69 bits per heavy atom. The highest BCUT2D eigenvalue weighted by Crippen LogP contribution is 2.27. The fourth-order valence-electron chi connectivity index (χ4n) is 4.10. The van der Waals surface area contributed by atoms with Crippen molar-refractivity contribution in [3.63, 3.8) is 0 Å². The van der Waals surface area contributed by atoms with E-state index in [0.717, 1.165) is 28.4 Å². The molecule has 142 valence electrons. The number of rotatable bonds is 7. The first-order chi connectivity index (χ1) is 12.5. The van der Waals surface area contributed by atoms with E-state index in [4.69, 9.17) is 11.6 Å². The van der Waals surface area contributed by atoms with E-state index in [-0.39, 0.29) is 0 Å². The summed E-state index contributed by atoms with van der Waals surface area (Å²) in [6.45, 7) is 10.5. The zero-order chi connectivity index (χ0) is 18.5. The molecule has 0 amide bonds. The molecule has 0 radical (unpaired) electrons. The number of fused-ring (bicyclic) bond motifs is 1. The van der Waals surface area contributed by atoms with Crippen LogP contribution in [0.1, 0.15) is 46.5 Å². The molecule has 1 fully saturated rings. The fourth-order valence-corrected chi connectivity index (χ4v) is 4.27. The number of anilines is 1. The lowest BCUT2D eigenvalue weighted by Crippen LogP contribution is -2.42. The number of hydrogen-bond acceptors (Lipinski definition) is 3. The minimum Gasteiger partial charge on any atom is -0.380 e. The number of nitrogens with zero attached hydrogens (tertiary/aromatic N) is 2. The average molecular weight is 374 g/mol. The summed E-state index contributed by atoms with van der Waals surface area (Å²) in [6, 6.07) is 8.51. The van der Waals surface area contributed by atoms with Gasteiger partial charge in [0.25, 0.3) is 0 Å². The standard InChI is InChI=1S/C22H32ClN3/c1-4-17-8-11-26(12-9-17)15-19(13-16(2)3)25-21-7-10-24-22-14-18(23)5-6-20(21)22/h5-7,10,14,16-17,19H,4,8-9,11-13,15H2,1-3H3,(H,24,25). The van der Waals surface area contributed by atoms with Crippen LogP contribution < -0.4 is 5.32 Å². The number of nitrogens with one attached hydrogen (secondary N) is 1. The molecule has 3 nitrogen and oxygen atoms in total. The summed E-state index contributed by atoms with van der Waals surface area (Å²) < 4.78 is 0. The second kappa shape index (κ2) is 9.05.